The van der Waals surface area contributed by atoms with Gasteiger partial charge in [-0.1, -0.05) is 170 Å². The number of furan rings is 1. The maximum Gasteiger partial charge on any atom is 0.135 e. The first-order chi connectivity index (χ1) is 27.2. The van der Waals surface area contributed by atoms with Gasteiger partial charge in [-0.3, -0.25) is 4.98 Å². The van der Waals surface area contributed by atoms with Gasteiger partial charge in [0.25, 0.3) is 0 Å². The lowest BCUT2D eigenvalue weighted by Gasteiger charge is -2.20. The average Bonchev–Trinajstić information content (AvgIpc) is 3.66. The zero-order chi connectivity index (χ0) is 36.6. The van der Waals surface area contributed by atoms with Crippen molar-refractivity contribution in [3.8, 4) is 66.9 Å². The summed E-state index contributed by atoms with van der Waals surface area (Å²) in [6.07, 6.45) is 5.21. The minimum atomic E-state index is 0.0433. The van der Waals surface area contributed by atoms with Crippen LogP contribution in [-0.4, -0.2) is 4.98 Å². The largest absolute Gasteiger partial charge is 0.456 e. The van der Waals surface area contributed by atoms with E-state index in [0.717, 1.165) is 45.7 Å². The minimum absolute atomic E-state index is 0.0433. The van der Waals surface area contributed by atoms with E-state index >= 15 is 0 Å². The summed E-state index contributed by atoms with van der Waals surface area (Å²) in [7, 11) is 0. The predicted octanol–water partition coefficient (Wildman–Crippen LogP) is 14.4. The zero-order valence-electron chi connectivity index (χ0n) is 30.3. The van der Waals surface area contributed by atoms with Crippen LogP contribution in [0.5, 0.6) is 0 Å². The van der Waals surface area contributed by atoms with Gasteiger partial charge < -0.3 is 4.42 Å². The van der Waals surface area contributed by atoms with Crippen LogP contribution in [0.3, 0.4) is 0 Å². The SMILES string of the molecule is C1=Cc2oc3ccc(-c4ccc(-c5cccc(-c6ccccc6)c5)cc4)cc3c2C(c2cc(-c3ccc(-c4ccccc4)cc3)cc(-c3ccccc3)n2)C1. The maximum atomic E-state index is 6.53. The Morgan fingerprint density at radius 1 is 0.400 bits per heavy atom. The molecular formula is C53H37NO. The molecular weight excluding hydrogens is 667 g/mol. The van der Waals surface area contributed by atoms with E-state index in [1.807, 2.05) is 0 Å². The Hall–Kier alpha value is -7.03. The quantitative estimate of drug-likeness (QED) is 0.165. The number of benzene rings is 7. The molecule has 0 saturated carbocycles. The number of pyridine rings is 1. The number of hydrogen-bond donors (Lipinski definition) is 0. The van der Waals surface area contributed by atoms with E-state index in [9.17, 15) is 0 Å². The Morgan fingerprint density at radius 3 is 1.49 bits per heavy atom. The molecule has 0 spiro atoms. The van der Waals surface area contributed by atoms with E-state index in [1.165, 1.54) is 55.6 Å². The first-order valence-electron chi connectivity index (χ1n) is 19.0. The van der Waals surface area contributed by atoms with Crippen LogP contribution >= 0.6 is 0 Å². The first-order valence-corrected chi connectivity index (χ1v) is 19.0. The number of allylic oxidation sites excluding steroid dienone is 1. The fourth-order valence-corrected chi connectivity index (χ4v) is 8.00. The van der Waals surface area contributed by atoms with E-state index in [2.05, 4.69) is 206 Å². The fraction of sp³-hybridized carbons (Fsp3) is 0.0377. The standard InChI is InChI=1S/C53H37NO/c1-4-12-36(13-5-1)38-22-28-41(29-23-38)46-34-49(42-16-8-3-9-17-42)54-50(35-46)47-20-11-21-52-53(47)48-33-45(30-31-51(48)55-52)40-26-24-39(25-27-40)44-19-10-18-43(32-44)37-14-6-2-7-15-37/h1-19,21-35,47H,20H2. The molecule has 2 aromatic heterocycles. The van der Waals surface area contributed by atoms with E-state index < -0.39 is 0 Å². The van der Waals surface area contributed by atoms with Crippen molar-refractivity contribution < 1.29 is 4.42 Å². The van der Waals surface area contributed by atoms with Crippen LogP contribution in [0.4, 0.5) is 0 Å². The van der Waals surface area contributed by atoms with Gasteiger partial charge in [0.15, 0.2) is 0 Å². The van der Waals surface area contributed by atoms with Crippen molar-refractivity contribution in [3.05, 3.63) is 217 Å². The lowest BCUT2D eigenvalue weighted by atomic mass is 9.84. The Bertz CT molecular complexity index is 2800. The zero-order valence-corrected chi connectivity index (χ0v) is 30.3. The summed E-state index contributed by atoms with van der Waals surface area (Å²) in [5.74, 6) is 0.958. The van der Waals surface area contributed by atoms with Crippen molar-refractivity contribution in [1.82, 2.24) is 4.98 Å². The maximum absolute atomic E-state index is 6.53. The molecule has 2 heterocycles. The first kappa shape index (κ1) is 32.6. The Balaban J connectivity index is 1.02. The number of nitrogens with zero attached hydrogens (tertiary/aromatic N) is 1. The highest BCUT2D eigenvalue weighted by Gasteiger charge is 2.27. The third-order valence-corrected chi connectivity index (χ3v) is 10.9. The molecule has 2 nitrogen and oxygen atoms in total. The molecule has 0 amide bonds. The molecule has 1 aliphatic carbocycles. The molecule has 0 fully saturated rings. The van der Waals surface area contributed by atoms with Gasteiger partial charge in [-0.2, -0.15) is 0 Å². The fourth-order valence-electron chi connectivity index (χ4n) is 8.00. The van der Waals surface area contributed by atoms with Crippen LogP contribution in [0.25, 0.3) is 83.9 Å². The third-order valence-electron chi connectivity index (χ3n) is 10.9. The van der Waals surface area contributed by atoms with Gasteiger partial charge in [-0.15, -0.1) is 0 Å². The lowest BCUT2D eigenvalue weighted by Crippen LogP contribution is -2.07. The van der Waals surface area contributed by atoms with Crippen LogP contribution < -0.4 is 0 Å². The van der Waals surface area contributed by atoms with E-state index in [1.54, 1.807) is 0 Å². The predicted molar refractivity (Wildman–Crippen MR) is 229 cm³/mol. The Labute approximate surface area is 321 Å². The van der Waals surface area contributed by atoms with Gasteiger partial charge in [0, 0.05) is 28.1 Å². The normalized spacial score (nSPS) is 13.5. The van der Waals surface area contributed by atoms with Crippen molar-refractivity contribution in [2.45, 2.75) is 12.3 Å². The highest BCUT2D eigenvalue weighted by Crippen LogP contribution is 2.44. The smallest absolute Gasteiger partial charge is 0.135 e. The van der Waals surface area contributed by atoms with Crippen molar-refractivity contribution in [1.29, 1.82) is 0 Å². The van der Waals surface area contributed by atoms with E-state index in [0.29, 0.717) is 0 Å². The van der Waals surface area contributed by atoms with Gasteiger partial charge in [0.2, 0.25) is 0 Å². The summed E-state index contributed by atoms with van der Waals surface area (Å²) in [6.45, 7) is 0. The summed E-state index contributed by atoms with van der Waals surface area (Å²) >= 11 is 0. The highest BCUT2D eigenvalue weighted by atomic mass is 16.3. The van der Waals surface area contributed by atoms with Gasteiger partial charge in [0.05, 0.1) is 5.69 Å². The molecule has 0 radical (unpaired) electrons. The van der Waals surface area contributed by atoms with Gasteiger partial charge in [0.1, 0.15) is 11.3 Å². The van der Waals surface area contributed by atoms with Crippen molar-refractivity contribution in [2.75, 3.05) is 0 Å². The molecule has 9 aromatic rings. The molecule has 10 rings (SSSR count). The van der Waals surface area contributed by atoms with Gasteiger partial charge >= 0.3 is 0 Å². The monoisotopic (exact) mass is 703 g/mol. The van der Waals surface area contributed by atoms with Gasteiger partial charge in [-0.05, 0) is 98.5 Å². The second-order valence-corrected chi connectivity index (χ2v) is 14.3. The van der Waals surface area contributed by atoms with Crippen molar-refractivity contribution in [3.63, 3.8) is 0 Å². The number of rotatable bonds is 7. The molecule has 0 saturated heterocycles. The van der Waals surface area contributed by atoms with Crippen LogP contribution in [-0.2, 0) is 0 Å². The van der Waals surface area contributed by atoms with E-state index in [4.69, 9.17) is 9.40 Å². The molecule has 1 aliphatic rings. The molecule has 7 aromatic carbocycles. The Morgan fingerprint density at radius 2 is 0.873 bits per heavy atom. The topological polar surface area (TPSA) is 26.0 Å². The van der Waals surface area contributed by atoms with Crippen molar-refractivity contribution in [2.24, 2.45) is 0 Å². The second kappa shape index (κ2) is 14.1. The lowest BCUT2D eigenvalue weighted by molar-refractivity contribution is 0.588. The molecule has 0 N–H and O–H groups in total. The molecule has 0 bridgehead atoms. The van der Waals surface area contributed by atoms with Crippen molar-refractivity contribution >= 4 is 17.0 Å². The molecule has 2 heteroatoms. The number of hydrogen-bond acceptors (Lipinski definition) is 2. The van der Waals surface area contributed by atoms with Crippen LogP contribution in [0, 0.1) is 0 Å². The van der Waals surface area contributed by atoms with Crippen LogP contribution in [0.15, 0.2) is 205 Å². The highest BCUT2D eigenvalue weighted by molar-refractivity contribution is 5.91. The third kappa shape index (κ3) is 6.38. The summed E-state index contributed by atoms with van der Waals surface area (Å²) < 4.78 is 6.53. The molecule has 55 heavy (non-hydrogen) atoms. The minimum Gasteiger partial charge on any atom is -0.456 e. The molecule has 0 aliphatic heterocycles. The average molecular weight is 704 g/mol. The van der Waals surface area contributed by atoms with E-state index in [-0.39, 0.29) is 5.92 Å². The molecule has 1 unspecified atom stereocenters. The van der Waals surface area contributed by atoms with Crippen LogP contribution in [0.2, 0.25) is 0 Å². The number of aromatic nitrogens is 1. The molecule has 1 atom stereocenters. The number of fused-ring (bicyclic) bond motifs is 3. The van der Waals surface area contributed by atoms with Crippen LogP contribution in [0.1, 0.15) is 29.4 Å². The second-order valence-electron chi connectivity index (χ2n) is 14.3. The summed E-state index contributed by atoms with van der Waals surface area (Å²) in [6, 6.07) is 69.3. The Kier molecular flexibility index (Phi) is 8.35. The van der Waals surface area contributed by atoms with Gasteiger partial charge in [-0.25, -0.2) is 0 Å². The summed E-state index contributed by atoms with van der Waals surface area (Å²) in [4.78, 5) is 5.37. The molecule has 260 valence electrons. The summed E-state index contributed by atoms with van der Waals surface area (Å²) in [5.41, 5.74) is 17.2. The summed E-state index contributed by atoms with van der Waals surface area (Å²) in [5, 5.41) is 1.14.